The summed E-state index contributed by atoms with van der Waals surface area (Å²) in [6.07, 6.45) is 3.71. The molecule has 0 aromatic heterocycles. The first-order valence-corrected chi connectivity index (χ1v) is 9.82. The SMILES string of the molecule is CCCCN(C(=O)[C@H](C)S(C)(=O)=O)[C@H](CC)c1ccccc1. The lowest BCUT2D eigenvalue weighted by Gasteiger charge is -2.33. The number of hydrogen-bond donors (Lipinski definition) is 0. The molecule has 2 atom stereocenters. The van der Waals surface area contributed by atoms with Crippen LogP contribution >= 0.6 is 0 Å². The summed E-state index contributed by atoms with van der Waals surface area (Å²) in [6.45, 7) is 6.15. The van der Waals surface area contributed by atoms with Crippen molar-refractivity contribution < 1.29 is 13.2 Å². The van der Waals surface area contributed by atoms with Gasteiger partial charge in [-0.05, 0) is 25.3 Å². The molecule has 0 aliphatic rings. The van der Waals surface area contributed by atoms with Crippen LogP contribution in [-0.4, -0.2) is 37.3 Å². The molecule has 0 bridgehead atoms. The van der Waals surface area contributed by atoms with E-state index in [1.807, 2.05) is 37.3 Å². The number of hydrogen-bond acceptors (Lipinski definition) is 3. The number of nitrogens with zero attached hydrogens (tertiary/aromatic N) is 1. The van der Waals surface area contributed by atoms with Crippen LogP contribution in [0.15, 0.2) is 30.3 Å². The van der Waals surface area contributed by atoms with Gasteiger partial charge in [0.2, 0.25) is 5.91 Å². The molecule has 0 N–H and O–H groups in total. The molecule has 124 valence electrons. The molecule has 0 unspecified atom stereocenters. The Bertz CT molecular complexity index is 569. The molecule has 1 aromatic rings. The lowest BCUT2D eigenvalue weighted by Crippen LogP contribution is -2.43. The van der Waals surface area contributed by atoms with Crippen LogP contribution < -0.4 is 0 Å². The minimum Gasteiger partial charge on any atom is -0.335 e. The molecular formula is C17H27NO3S. The van der Waals surface area contributed by atoms with Gasteiger partial charge in [-0.3, -0.25) is 4.79 Å². The van der Waals surface area contributed by atoms with Gasteiger partial charge >= 0.3 is 0 Å². The lowest BCUT2D eigenvalue weighted by molar-refractivity contribution is -0.133. The second-order valence-corrected chi connectivity index (χ2v) is 8.06. The zero-order chi connectivity index (χ0) is 16.8. The first kappa shape index (κ1) is 18.7. The van der Waals surface area contributed by atoms with Crippen molar-refractivity contribution in [3.8, 4) is 0 Å². The van der Waals surface area contributed by atoms with Gasteiger partial charge in [0, 0.05) is 12.8 Å². The third-order valence-corrected chi connectivity index (χ3v) is 5.46. The fourth-order valence-electron chi connectivity index (χ4n) is 2.48. The van der Waals surface area contributed by atoms with Gasteiger partial charge in [-0.1, -0.05) is 50.6 Å². The third kappa shape index (κ3) is 4.83. The van der Waals surface area contributed by atoms with Crippen molar-refractivity contribution in [1.29, 1.82) is 0 Å². The molecular weight excluding hydrogens is 298 g/mol. The summed E-state index contributed by atoms with van der Waals surface area (Å²) in [7, 11) is -3.39. The van der Waals surface area contributed by atoms with Gasteiger partial charge < -0.3 is 4.90 Å². The molecule has 1 aromatic carbocycles. The van der Waals surface area contributed by atoms with Gasteiger partial charge in [0.25, 0.3) is 0 Å². The standard InChI is InChI=1S/C17H27NO3S/c1-5-7-13-18(17(19)14(3)22(4,20)21)16(6-2)15-11-9-8-10-12-15/h8-12,14,16H,5-7,13H2,1-4H3/t14-,16+/m0/s1. The Balaban J connectivity index is 3.12. The zero-order valence-corrected chi connectivity index (χ0v) is 14.8. The van der Waals surface area contributed by atoms with Crippen molar-refractivity contribution in [2.75, 3.05) is 12.8 Å². The summed E-state index contributed by atoms with van der Waals surface area (Å²) in [4.78, 5) is 14.5. The number of amides is 1. The Morgan fingerprint density at radius 2 is 1.77 bits per heavy atom. The highest BCUT2D eigenvalue weighted by Crippen LogP contribution is 2.26. The van der Waals surface area contributed by atoms with E-state index in [-0.39, 0.29) is 11.9 Å². The topological polar surface area (TPSA) is 54.5 Å². The summed E-state index contributed by atoms with van der Waals surface area (Å²) in [5.41, 5.74) is 1.05. The average molecular weight is 325 g/mol. The molecule has 1 amide bonds. The lowest BCUT2D eigenvalue weighted by atomic mass is 10.0. The van der Waals surface area contributed by atoms with E-state index in [4.69, 9.17) is 0 Å². The highest BCUT2D eigenvalue weighted by molar-refractivity contribution is 7.92. The van der Waals surface area contributed by atoms with Gasteiger partial charge in [-0.15, -0.1) is 0 Å². The Hall–Kier alpha value is -1.36. The summed E-state index contributed by atoms with van der Waals surface area (Å²) in [6, 6.07) is 9.73. The van der Waals surface area contributed by atoms with E-state index in [0.29, 0.717) is 6.54 Å². The second kappa shape index (κ2) is 8.32. The number of rotatable bonds is 8. The van der Waals surface area contributed by atoms with Crippen LogP contribution in [-0.2, 0) is 14.6 Å². The largest absolute Gasteiger partial charge is 0.335 e. The monoisotopic (exact) mass is 325 g/mol. The molecule has 0 saturated carbocycles. The molecule has 0 saturated heterocycles. The number of unbranched alkanes of at least 4 members (excludes halogenated alkanes) is 1. The number of benzene rings is 1. The summed E-state index contributed by atoms with van der Waals surface area (Å²) in [5, 5.41) is -0.998. The summed E-state index contributed by atoms with van der Waals surface area (Å²) >= 11 is 0. The Kier molecular flexibility index (Phi) is 7.07. The molecule has 0 aliphatic heterocycles. The van der Waals surface area contributed by atoms with E-state index in [2.05, 4.69) is 6.92 Å². The first-order chi connectivity index (χ1) is 10.3. The molecule has 0 fully saturated rings. The van der Waals surface area contributed by atoms with Crippen LogP contribution in [0, 0.1) is 0 Å². The Morgan fingerprint density at radius 3 is 2.23 bits per heavy atom. The first-order valence-electron chi connectivity index (χ1n) is 7.87. The fourth-order valence-corrected chi connectivity index (χ4v) is 2.98. The molecule has 22 heavy (non-hydrogen) atoms. The molecule has 0 radical (unpaired) electrons. The Morgan fingerprint density at radius 1 is 1.18 bits per heavy atom. The molecule has 0 heterocycles. The van der Waals surface area contributed by atoms with E-state index in [1.165, 1.54) is 6.92 Å². The minimum absolute atomic E-state index is 0.0792. The van der Waals surface area contributed by atoms with E-state index in [9.17, 15) is 13.2 Å². The van der Waals surface area contributed by atoms with E-state index < -0.39 is 15.1 Å². The van der Waals surface area contributed by atoms with Gasteiger partial charge in [0.15, 0.2) is 9.84 Å². The van der Waals surface area contributed by atoms with Crippen molar-refractivity contribution in [3.63, 3.8) is 0 Å². The smallest absolute Gasteiger partial charge is 0.241 e. The predicted molar refractivity (Wildman–Crippen MR) is 90.4 cm³/mol. The highest BCUT2D eigenvalue weighted by atomic mass is 32.2. The minimum atomic E-state index is -3.39. The van der Waals surface area contributed by atoms with Gasteiger partial charge in [0.05, 0.1) is 6.04 Å². The van der Waals surface area contributed by atoms with E-state index >= 15 is 0 Å². The fraction of sp³-hybridized carbons (Fsp3) is 0.588. The number of carbonyl (C=O) groups is 1. The molecule has 4 nitrogen and oxygen atoms in total. The van der Waals surface area contributed by atoms with Gasteiger partial charge in [0.1, 0.15) is 5.25 Å². The number of sulfone groups is 1. The van der Waals surface area contributed by atoms with Crippen LogP contribution in [0.1, 0.15) is 51.6 Å². The third-order valence-electron chi connectivity index (χ3n) is 3.97. The van der Waals surface area contributed by atoms with Crippen LogP contribution in [0.4, 0.5) is 0 Å². The maximum atomic E-state index is 12.7. The van der Waals surface area contributed by atoms with E-state index in [1.54, 1.807) is 4.90 Å². The van der Waals surface area contributed by atoms with Crippen molar-refractivity contribution >= 4 is 15.7 Å². The Labute approximate surface area is 134 Å². The predicted octanol–water partition coefficient (Wildman–Crippen LogP) is 3.20. The van der Waals surface area contributed by atoms with Gasteiger partial charge in [-0.25, -0.2) is 8.42 Å². The van der Waals surface area contributed by atoms with Crippen molar-refractivity contribution in [2.24, 2.45) is 0 Å². The van der Waals surface area contributed by atoms with Crippen LogP contribution in [0.3, 0.4) is 0 Å². The van der Waals surface area contributed by atoms with Crippen molar-refractivity contribution in [2.45, 2.75) is 51.3 Å². The van der Waals surface area contributed by atoms with Crippen molar-refractivity contribution in [1.82, 2.24) is 4.90 Å². The molecule has 5 heteroatoms. The highest BCUT2D eigenvalue weighted by Gasteiger charge is 2.32. The molecule has 0 spiro atoms. The average Bonchev–Trinajstić information content (AvgIpc) is 2.50. The normalized spacial score (nSPS) is 14.4. The quantitative estimate of drug-likeness (QED) is 0.737. The van der Waals surface area contributed by atoms with Crippen LogP contribution in [0.2, 0.25) is 0 Å². The number of carbonyl (C=O) groups excluding carboxylic acids is 1. The van der Waals surface area contributed by atoms with Gasteiger partial charge in [-0.2, -0.15) is 0 Å². The maximum Gasteiger partial charge on any atom is 0.241 e. The summed E-state index contributed by atoms with van der Waals surface area (Å²) in [5.74, 6) is -0.299. The molecule has 1 rings (SSSR count). The van der Waals surface area contributed by atoms with Crippen LogP contribution in [0.25, 0.3) is 0 Å². The molecule has 0 aliphatic carbocycles. The maximum absolute atomic E-state index is 12.7. The van der Waals surface area contributed by atoms with Crippen LogP contribution in [0.5, 0.6) is 0 Å². The van der Waals surface area contributed by atoms with E-state index in [0.717, 1.165) is 31.1 Å². The van der Waals surface area contributed by atoms with Crippen molar-refractivity contribution in [3.05, 3.63) is 35.9 Å². The summed E-state index contributed by atoms with van der Waals surface area (Å²) < 4.78 is 23.5. The zero-order valence-electron chi connectivity index (χ0n) is 14.0. The second-order valence-electron chi connectivity index (χ2n) is 5.69.